The minimum atomic E-state index is -0.343. The number of nitrogens with zero attached hydrogens (tertiary/aromatic N) is 2. The van der Waals surface area contributed by atoms with Gasteiger partial charge in [0.1, 0.15) is 0 Å². The molecular formula is C22H25BN2O2. The Morgan fingerprint density at radius 3 is 2.11 bits per heavy atom. The zero-order valence-corrected chi connectivity index (χ0v) is 16.8. The largest absolute Gasteiger partial charge is 0.494 e. The summed E-state index contributed by atoms with van der Waals surface area (Å²) in [4.78, 5) is 9.09. The molecule has 1 fully saturated rings. The Labute approximate surface area is 161 Å². The van der Waals surface area contributed by atoms with E-state index in [9.17, 15) is 0 Å². The molecule has 138 valence electrons. The number of hydrogen-bond acceptors (Lipinski definition) is 4. The average Bonchev–Trinajstić information content (AvgIpc) is 2.84. The standard InChI is InChI=1S/C22H25BN2O2/c1-14-15(2)25-20(13-24-14)18-8-7-17-12-19(10-9-16(17)11-18)23-26-21(3,4)22(5,6)27-23/h7-13H,1-6H3. The molecule has 4 rings (SSSR count). The Bertz CT molecular complexity index is 1010. The fraction of sp³-hybridized carbons (Fsp3) is 0.364. The van der Waals surface area contributed by atoms with Gasteiger partial charge in [0.25, 0.3) is 0 Å². The first-order valence-corrected chi connectivity index (χ1v) is 9.36. The maximum absolute atomic E-state index is 6.18. The summed E-state index contributed by atoms with van der Waals surface area (Å²) >= 11 is 0. The SMILES string of the molecule is Cc1ncc(-c2ccc3cc(B4OC(C)(C)C(C)(C)O4)ccc3c2)nc1C. The summed E-state index contributed by atoms with van der Waals surface area (Å²) in [6.07, 6.45) is 1.84. The molecule has 1 aromatic heterocycles. The van der Waals surface area contributed by atoms with Gasteiger partial charge in [0.2, 0.25) is 0 Å². The van der Waals surface area contributed by atoms with Crippen molar-refractivity contribution < 1.29 is 9.31 Å². The highest BCUT2D eigenvalue weighted by Gasteiger charge is 2.51. The molecule has 0 saturated carbocycles. The number of hydrogen-bond donors (Lipinski definition) is 0. The quantitative estimate of drug-likeness (QED) is 0.642. The first kappa shape index (κ1) is 18.1. The lowest BCUT2D eigenvalue weighted by molar-refractivity contribution is 0.00578. The highest BCUT2D eigenvalue weighted by atomic mass is 16.7. The van der Waals surface area contributed by atoms with E-state index in [1.165, 1.54) is 0 Å². The number of aromatic nitrogens is 2. The normalized spacial score (nSPS) is 18.2. The lowest BCUT2D eigenvalue weighted by atomic mass is 9.78. The van der Waals surface area contributed by atoms with Crippen molar-refractivity contribution in [3.63, 3.8) is 0 Å². The first-order chi connectivity index (χ1) is 12.7. The van der Waals surface area contributed by atoms with Crippen LogP contribution in [0.2, 0.25) is 0 Å². The van der Waals surface area contributed by atoms with E-state index in [4.69, 9.17) is 9.31 Å². The molecule has 3 aromatic rings. The van der Waals surface area contributed by atoms with Crippen LogP contribution in [-0.4, -0.2) is 28.3 Å². The van der Waals surface area contributed by atoms with E-state index in [0.717, 1.165) is 38.9 Å². The monoisotopic (exact) mass is 360 g/mol. The van der Waals surface area contributed by atoms with Crippen molar-refractivity contribution >= 4 is 23.4 Å². The fourth-order valence-corrected chi connectivity index (χ4v) is 3.23. The van der Waals surface area contributed by atoms with E-state index in [-0.39, 0.29) is 18.3 Å². The summed E-state index contributed by atoms with van der Waals surface area (Å²) in [5.41, 5.74) is 4.27. The van der Waals surface area contributed by atoms with Crippen LogP contribution in [0.3, 0.4) is 0 Å². The minimum absolute atomic E-state index is 0.335. The molecule has 0 bridgehead atoms. The highest BCUT2D eigenvalue weighted by Crippen LogP contribution is 2.36. The molecule has 27 heavy (non-hydrogen) atoms. The lowest BCUT2D eigenvalue weighted by Gasteiger charge is -2.32. The van der Waals surface area contributed by atoms with Gasteiger partial charge < -0.3 is 9.31 Å². The maximum Gasteiger partial charge on any atom is 0.494 e. The summed E-state index contributed by atoms with van der Waals surface area (Å²) in [6.45, 7) is 12.3. The number of rotatable bonds is 2. The molecule has 0 radical (unpaired) electrons. The van der Waals surface area contributed by atoms with Crippen LogP contribution in [0, 0.1) is 13.8 Å². The number of benzene rings is 2. The zero-order valence-electron chi connectivity index (χ0n) is 16.8. The van der Waals surface area contributed by atoms with Crippen molar-refractivity contribution in [2.75, 3.05) is 0 Å². The highest BCUT2D eigenvalue weighted by molar-refractivity contribution is 6.62. The van der Waals surface area contributed by atoms with Gasteiger partial charge in [-0.05, 0) is 63.8 Å². The van der Waals surface area contributed by atoms with Crippen molar-refractivity contribution in [1.29, 1.82) is 0 Å². The lowest BCUT2D eigenvalue weighted by Crippen LogP contribution is -2.41. The second-order valence-electron chi connectivity index (χ2n) is 8.34. The van der Waals surface area contributed by atoms with Crippen molar-refractivity contribution in [1.82, 2.24) is 9.97 Å². The molecule has 1 aliphatic heterocycles. The maximum atomic E-state index is 6.18. The Balaban J connectivity index is 1.68. The Kier molecular flexibility index (Phi) is 4.13. The molecule has 2 aromatic carbocycles. The van der Waals surface area contributed by atoms with Gasteiger partial charge in [0.15, 0.2) is 0 Å². The zero-order chi connectivity index (χ0) is 19.4. The third-order valence-electron chi connectivity index (χ3n) is 5.88. The first-order valence-electron chi connectivity index (χ1n) is 9.36. The second kappa shape index (κ2) is 6.15. The second-order valence-corrected chi connectivity index (χ2v) is 8.34. The van der Waals surface area contributed by atoms with Gasteiger partial charge in [-0.2, -0.15) is 0 Å². The molecule has 5 heteroatoms. The molecule has 0 unspecified atom stereocenters. The van der Waals surface area contributed by atoms with E-state index in [0.29, 0.717) is 0 Å². The van der Waals surface area contributed by atoms with Crippen LogP contribution < -0.4 is 5.46 Å². The van der Waals surface area contributed by atoms with E-state index < -0.39 is 0 Å². The van der Waals surface area contributed by atoms with Crippen molar-refractivity contribution in [2.24, 2.45) is 0 Å². The van der Waals surface area contributed by atoms with Gasteiger partial charge >= 0.3 is 7.12 Å². The van der Waals surface area contributed by atoms with Crippen LogP contribution in [-0.2, 0) is 9.31 Å². The van der Waals surface area contributed by atoms with Crippen molar-refractivity contribution in [3.05, 3.63) is 54.0 Å². The van der Waals surface area contributed by atoms with Crippen LogP contribution in [0.25, 0.3) is 22.0 Å². The molecule has 0 N–H and O–H groups in total. The summed E-state index contributed by atoms with van der Waals surface area (Å²) in [5.74, 6) is 0. The van der Waals surface area contributed by atoms with Gasteiger partial charge in [0.05, 0.1) is 34.5 Å². The van der Waals surface area contributed by atoms with E-state index in [2.05, 4.69) is 74.1 Å². The smallest absolute Gasteiger partial charge is 0.399 e. The van der Waals surface area contributed by atoms with Crippen LogP contribution in [0.4, 0.5) is 0 Å². The topological polar surface area (TPSA) is 44.2 Å². The Morgan fingerprint density at radius 2 is 1.44 bits per heavy atom. The van der Waals surface area contributed by atoms with Gasteiger partial charge in [-0.3, -0.25) is 4.98 Å². The van der Waals surface area contributed by atoms with E-state index in [1.54, 1.807) is 0 Å². The molecule has 0 amide bonds. The minimum Gasteiger partial charge on any atom is -0.399 e. The number of fused-ring (bicyclic) bond motifs is 1. The average molecular weight is 360 g/mol. The number of aryl methyl sites for hydroxylation is 2. The molecule has 0 atom stereocenters. The van der Waals surface area contributed by atoms with E-state index in [1.807, 2.05) is 20.0 Å². The van der Waals surface area contributed by atoms with Gasteiger partial charge in [-0.15, -0.1) is 0 Å². The Morgan fingerprint density at radius 1 is 0.815 bits per heavy atom. The van der Waals surface area contributed by atoms with Crippen LogP contribution >= 0.6 is 0 Å². The summed E-state index contributed by atoms with van der Waals surface area (Å²) < 4.78 is 12.4. The predicted molar refractivity (Wildman–Crippen MR) is 110 cm³/mol. The molecule has 0 aliphatic carbocycles. The van der Waals surface area contributed by atoms with Crippen LogP contribution in [0.5, 0.6) is 0 Å². The molecule has 0 spiro atoms. The summed E-state index contributed by atoms with van der Waals surface area (Å²) in [7, 11) is -0.343. The molecule has 2 heterocycles. The van der Waals surface area contributed by atoms with Crippen LogP contribution in [0.1, 0.15) is 39.1 Å². The van der Waals surface area contributed by atoms with E-state index >= 15 is 0 Å². The summed E-state index contributed by atoms with van der Waals surface area (Å²) in [6, 6.07) is 12.7. The molecule has 4 nitrogen and oxygen atoms in total. The fourth-order valence-electron chi connectivity index (χ4n) is 3.23. The molecule has 1 aliphatic rings. The van der Waals surface area contributed by atoms with Gasteiger partial charge in [-0.1, -0.05) is 30.3 Å². The van der Waals surface area contributed by atoms with Crippen molar-refractivity contribution in [3.8, 4) is 11.3 Å². The van der Waals surface area contributed by atoms with Crippen LogP contribution in [0.15, 0.2) is 42.6 Å². The Hall–Kier alpha value is -2.24. The van der Waals surface area contributed by atoms with Gasteiger partial charge in [0, 0.05) is 5.56 Å². The van der Waals surface area contributed by atoms with Gasteiger partial charge in [-0.25, -0.2) is 4.98 Å². The van der Waals surface area contributed by atoms with Crippen molar-refractivity contribution in [2.45, 2.75) is 52.7 Å². The third-order valence-corrected chi connectivity index (χ3v) is 5.88. The molecular weight excluding hydrogens is 335 g/mol. The summed E-state index contributed by atoms with van der Waals surface area (Å²) in [5, 5.41) is 2.32. The molecule has 1 saturated heterocycles. The third kappa shape index (κ3) is 3.15. The predicted octanol–water partition coefficient (Wildman–Crippen LogP) is 4.21.